The van der Waals surface area contributed by atoms with Crippen LogP contribution in [0.2, 0.25) is 0 Å². The first-order valence-corrected chi connectivity index (χ1v) is 5.81. The highest BCUT2D eigenvalue weighted by atomic mass is 32.2. The van der Waals surface area contributed by atoms with Gasteiger partial charge in [-0.1, -0.05) is 18.7 Å². The fraction of sp³-hybridized carbons (Fsp3) is 0.875. The van der Waals surface area contributed by atoms with E-state index in [0.717, 1.165) is 10.9 Å². The third kappa shape index (κ3) is 2.24. The lowest BCUT2D eigenvalue weighted by Crippen LogP contribution is -2.05. The molecule has 5 nitrogen and oxygen atoms in total. The van der Waals surface area contributed by atoms with Gasteiger partial charge in [-0.05, 0) is 29.2 Å². The van der Waals surface area contributed by atoms with E-state index in [0.29, 0.717) is 12.0 Å². The van der Waals surface area contributed by atoms with Crippen LogP contribution in [0.5, 0.6) is 0 Å². The molecule has 1 N–H and O–H groups in total. The van der Waals surface area contributed by atoms with Crippen molar-refractivity contribution in [3.05, 3.63) is 0 Å². The van der Waals surface area contributed by atoms with Crippen LogP contribution in [0.4, 0.5) is 0 Å². The highest BCUT2D eigenvalue weighted by Crippen LogP contribution is 2.36. The summed E-state index contributed by atoms with van der Waals surface area (Å²) in [6.45, 7) is 2.23. The van der Waals surface area contributed by atoms with Gasteiger partial charge >= 0.3 is 0 Å². The molecule has 0 bridgehead atoms. The molecule has 1 fully saturated rings. The molecule has 1 aliphatic rings. The van der Waals surface area contributed by atoms with Gasteiger partial charge in [0.15, 0.2) is 0 Å². The summed E-state index contributed by atoms with van der Waals surface area (Å²) >= 11 is 1.62. The van der Waals surface area contributed by atoms with E-state index in [9.17, 15) is 0 Å². The molecule has 0 radical (unpaired) electrons. The van der Waals surface area contributed by atoms with Crippen molar-refractivity contribution < 1.29 is 5.11 Å². The Morgan fingerprint density at radius 1 is 1.64 bits per heavy atom. The Labute approximate surface area is 86.9 Å². The topological polar surface area (TPSA) is 63.8 Å². The van der Waals surface area contributed by atoms with Gasteiger partial charge in [0.25, 0.3) is 0 Å². The van der Waals surface area contributed by atoms with E-state index >= 15 is 0 Å². The average molecular weight is 214 g/mol. The summed E-state index contributed by atoms with van der Waals surface area (Å²) in [6.07, 6.45) is 2.38. The van der Waals surface area contributed by atoms with Gasteiger partial charge < -0.3 is 5.11 Å². The molecule has 1 saturated carbocycles. The van der Waals surface area contributed by atoms with Gasteiger partial charge in [0.2, 0.25) is 5.16 Å². The van der Waals surface area contributed by atoms with E-state index in [1.165, 1.54) is 12.8 Å². The molecule has 0 amide bonds. The minimum Gasteiger partial charge on any atom is -0.396 e. The van der Waals surface area contributed by atoms with Crippen LogP contribution >= 0.6 is 11.8 Å². The van der Waals surface area contributed by atoms with Crippen molar-refractivity contribution in [1.82, 2.24) is 20.2 Å². The number of hydrogen-bond donors (Lipinski definition) is 1. The maximum atomic E-state index is 8.88. The van der Waals surface area contributed by atoms with Crippen molar-refractivity contribution in [3.63, 3.8) is 0 Å². The lowest BCUT2D eigenvalue weighted by atomic mass is 10.2. The van der Waals surface area contributed by atoms with Crippen LogP contribution in [0.15, 0.2) is 5.16 Å². The van der Waals surface area contributed by atoms with Crippen LogP contribution in [0.25, 0.3) is 0 Å². The molecule has 1 aliphatic carbocycles. The van der Waals surface area contributed by atoms with Crippen molar-refractivity contribution in [1.29, 1.82) is 0 Å². The summed E-state index contributed by atoms with van der Waals surface area (Å²) in [7, 11) is 0. The molecule has 78 valence electrons. The van der Waals surface area contributed by atoms with Gasteiger partial charge in [0, 0.05) is 12.4 Å². The quantitative estimate of drug-likeness (QED) is 0.732. The number of thioether (sulfide) groups is 1. The van der Waals surface area contributed by atoms with Crippen molar-refractivity contribution in [2.75, 3.05) is 12.4 Å². The van der Waals surface area contributed by atoms with Crippen molar-refractivity contribution in [2.45, 2.75) is 31.0 Å². The van der Waals surface area contributed by atoms with Crippen LogP contribution < -0.4 is 0 Å². The van der Waals surface area contributed by atoms with Gasteiger partial charge in [-0.15, -0.1) is 5.10 Å². The zero-order valence-electron chi connectivity index (χ0n) is 8.13. The smallest absolute Gasteiger partial charge is 0.209 e. The maximum Gasteiger partial charge on any atom is 0.209 e. The minimum absolute atomic E-state index is 0.220. The van der Waals surface area contributed by atoms with E-state index in [1.54, 1.807) is 11.8 Å². The summed E-state index contributed by atoms with van der Waals surface area (Å²) in [6, 6.07) is 0.525. The molecule has 1 atom stereocenters. The summed E-state index contributed by atoms with van der Waals surface area (Å²) in [5.41, 5.74) is 0. The predicted molar refractivity (Wildman–Crippen MR) is 53.1 cm³/mol. The van der Waals surface area contributed by atoms with E-state index in [2.05, 4.69) is 15.5 Å². The average Bonchev–Trinajstić information content (AvgIpc) is 2.94. The van der Waals surface area contributed by atoms with Gasteiger partial charge in [-0.3, -0.25) is 0 Å². The second-order valence-corrected chi connectivity index (χ2v) is 4.72. The van der Waals surface area contributed by atoms with Crippen LogP contribution in [0, 0.1) is 5.92 Å². The van der Waals surface area contributed by atoms with Crippen molar-refractivity contribution in [2.24, 2.45) is 5.92 Å². The Morgan fingerprint density at radius 2 is 2.43 bits per heavy atom. The minimum atomic E-state index is 0.220. The molecule has 1 aromatic heterocycles. The lowest BCUT2D eigenvalue weighted by Gasteiger charge is -2.06. The van der Waals surface area contributed by atoms with Crippen LogP contribution in [0.3, 0.4) is 0 Å². The molecule has 14 heavy (non-hydrogen) atoms. The van der Waals surface area contributed by atoms with E-state index in [-0.39, 0.29) is 6.61 Å². The zero-order valence-corrected chi connectivity index (χ0v) is 8.94. The molecule has 0 aliphatic heterocycles. The third-order valence-corrected chi connectivity index (χ3v) is 3.43. The number of hydrogen-bond acceptors (Lipinski definition) is 5. The molecule has 0 aromatic carbocycles. The summed E-state index contributed by atoms with van der Waals surface area (Å²) in [5.74, 6) is 1.16. The second kappa shape index (κ2) is 4.27. The van der Waals surface area contributed by atoms with Gasteiger partial charge in [0.1, 0.15) is 0 Å². The standard InChI is InChI=1S/C8H14N4OS/c1-6(4-13)5-14-8-9-10-11-12(8)7-2-3-7/h6-7,13H,2-5H2,1H3. The molecule has 6 heteroatoms. The van der Waals surface area contributed by atoms with Gasteiger partial charge in [-0.25, -0.2) is 4.68 Å². The fourth-order valence-electron chi connectivity index (χ4n) is 1.10. The molecule has 1 unspecified atom stereocenters. The number of tetrazole rings is 1. The number of aliphatic hydroxyl groups is 1. The summed E-state index contributed by atoms with van der Waals surface area (Å²) in [4.78, 5) is 0. The zero-order chi connectivity index (χ0) is 9.97. The molecular formula is C8H14N4OS. The van der Waals surface area contributed by atoms with Crippen LogP contribution in [-0.4, -0.2) is 37.7 Å². The van der Waals surface area contributed by atoms with E-state index < -0.39 is 0 Å². The maximum absolute atomic E-state index is 8.88. The molecule has 1 heterocycles. The number of aromatic nitrogens is 4. The van der Waals surface area contributed by atoms with Crippen molar-refractivity contribution in [3.8, 4) is 0 Å². The first kappa shape index (κ1) is 9.92. The predicted octanol–water partition coefficient (Wildman–Crippen LogP) is 0.728. The highest BCUT2D eigenvalue weighted by Gasteiger charge is 2.27. The Kier molecular flexibility index (Phi) is 3.02. The molecule has 0 saturated heterocycles. The van der Waals surface area contributed by atoms with E-state index in [1.807, 2.05) is 11.6 Å². The molecular weight excluding hydrogens is 200 g/mol. The summed E-state index contributed by atoms with van der Waals surface area (Å²) in [5, 5.41) is 21.4. The lowest BCUT2D eigenvalue weighted by molar-refractivity contribution is 0.250. The SMILES string of the molecule is CC(CO)CSc1nnnn1C1CC1. The first-order chi connectivity index (χ1) is 6.81. The largest absolute Gasteiger partial charge is 0.396 e. The normalized spacial score (nSPS) is 18.4. The number of rotatable bonds is 5. The summed E-state index contributed by atoms with van der Waals surface area (Å²) < 4.78 is 1.90. The Hall–Kier alpha value is -0.620. The fourth-order valence-corrected chi connectivity index (χ4v) is 2.05. The molecule has 2 rings (SSSR count). The number of aliphatic hydroxyl groups excluding tert-OH is 1. The Balaban J connectivity index is 1.91. The highest BCUT2D eigenvalue weighted by molar-refractivity contribution is 7.99. The first-order valence-electron chi connectivity index (χ1n) is 4.82. The number of nitrogens with zero attached hydrogens (tertiary/aromatic N) is 4. The van der Waals surface area contributed by atoms with Crippen molar-refractivity contribution >= 4 is 11.8 Å². The molecule has 1 aromatic rings. The van der Waals surface area contributed by atoms with Gasteiger partial charge in [0.05, 0.1) is 6.04 Å². The Bertz CT molecular complexity index is 299. The van der Waals surface area contributed by atoms with Crippen LogP contribution in [-0.2, 0) is 0 Å². The monoisotopic (exact) mass is 214 g/mol. The van der Waals surface area contributed by atoms with Gasteiger partial charge in [-0.2, -0.15) is 0 Å². The second-order valence-electron chi connectivity index (χ2n) is 3.74. The Morgan fingerprint density at radius 3 is 3.07 bits per heavy atom. The van der Waals surface area contributed by atoms with E-state index in [4.69, 9.17) is 5.11 Å². The van der Waals surface area contributed by atoms with Crippen LogP contribution in [0.1, 0.15) is 25.8 Å². The molecule has 0 spiro atoms. The third-order valence-electron chi connectivity index (χ3n) is 2.16.